The van der Waals surface area contributed by atoms with Crippen molar-refractivity contribution in [3.63, 3.8) is 0 Å². The Kier molecular flexibility index (Phi) is 21.7. The Hall–Kier alpha value is -8.89. The number of aliphatic imine (C=N–C) groups is 1. The summed E-state index contributed by atoms with van der Waals surface area (Å²) in [5, 5.41) is 17.0. The molecule has 28 heteroatoms. The van der Waals surface area contributed by atoms with E-state index in [4.69, 9.17) is 21.4 Å². The fourth-order valence-electron chi connectivity index (χ4n) is 12.2. The van der Waals surface area contributed by atoms with Gasteiger partial charge >= 0.3 is 0 Å². The molecule has 1 aromatic carbocycles. The molecule has 8 bridgehead atoms. The number of guanidine groups is 1. The molecule has 482 valence electrons. The molecular weight excluding hydrogens is 1180 g/mol. The lowest BCUT2D eigenvalue weighted by Crippen LogP contribution is -2.57. The van der Waals surface area contributed by atoms with Gasteiger partial charge in [-0.15, -0.1) is 0 Å². The summed E-state index contributed by atoms with van der Waals surface area (Å²) in [4.78, 5) is 147. The number of fused-ring (bicyclic) bond motifs is 8. The van der Waals surface area contributed by atoms with Crippen molar-refractivity contribution >= 4 is 91.3 Å². The van der Waals surface area contributed by atoms with Crippen molar-refractivity contribution in [3.8, 4) is 0 Å². The predicted molar refractivity (Wildman–Crippen MR) is 335 cm³/mol. The average molecular weight is 1260 g/mol. The fraction of sp³-hybridized carbons (Fsp3) is 0.484. The van der Waals surface area contributed by atoms with E-state index in [0.29, 0.717) is 51.3 Å². The predicted octanol–water partition coefficient (Wildman–Crippen LogP) is 2.88. The molecule has 0 spiro atoms. The van der Waals surface area contributed by atoms with E-state index in [9.17, 15) is 51.3 Å². The van der Waals surface area contributed by atoms with Gasteiger partial charge in [0.05, 0.1) is 46.0 Å². The van der Waals surface area contributed by atoms with Crippen LogP contribution in [-0.2, 0) is 50.1 Å². The Morgan fingerprint density at radius 2 is 1.42 bits per heavy atom. The number of allylic oxidation sites excluding steroid dienone is 2. The molecule has 7 heterocycles. The van der Waals surface area contributed by atoms with Crippen LogP contribution >= 0.6 is 0 Å². The van der Waals surface area contributed by atoms with Crippen LogP contribution in [0.1, 0.15) is 189 Å². The highest BCUT2D eigenvalue weighted by atomic mass is 32.2. The van der Waals surface area contributed by atoms with Gasteiger partial charge in [0.2, 0.25) is 35.4 Å². The van der Waals surface area contributed by atoms with E-state index >= 15 is 4.79 Å². The smallest absolute Gasteiger partial charge is 0.279 e. The number of imide groups is 1. The van der Waals surface area contributed by atoms with Gasteiger partial charge in [-0.2, -0.15) is 8.42 Å². The number of benzene rings is 1. The van der Waals surface area contributed by atoms with E-state index in [-0.39, 0.29) is 123 Å². The number of unbranched alkanes of at least 4 members (excludes halogenated alkanes) is 1. The molecule has 27 nitrogen and oxygen atoms in total. The topological polar surface area (TPSA) is 417 Å². The number of hydrogen-bond acceptors (Lipinski definition) is 15. The minimum atomic E-state index is -4.37. The maximum absolute atomic E-state index is 15.1. The third-order valence-electron chi connectivity index (χ3n) is 17.1. The second-order valence-electron chi connectivity index (χ2n) is 23.5. The molecule has 1 saturated heterocycles. The third kappa shape index (κ3) is 15.9. The highest BCUT2D eigenvalue weighted by Gasteiger charge is 2.42. The van der Waals surface area contributed by atoms with Crippen LogP contribution < -0.4 is 48.8 Å². The fourth-order valence-corrected chi connectivity index (χ4v) is 12.7. The van der Waals surface area contributed by atoms with E-state index in [1.807, 2.05) is 26.0 Å². The second-order valence-corrected chi connectivity index (χ2v) is 25.1. The van der Waals surface area contributed by atoms with Crippen molar-refractivity contribution in [1.29, 1.82) is 0 Å². The monoisotopic (exact) mass is 1260 g/mol. The van der Waals surface area contributed by atoms with Crippen LogP contribution in [0.25, 0.3) is 22.2 Å². The molecule has 5 aliphatic rings. The first-order valence-corrected chi connectivity index (χ1v) is 32.1. The molecular formula is C62H81N15O12S. The average Bonchev–Trinajstić information content (AvgIpc) is 1.57. The second kappa shape index (κ2) is 29.2. The summed E-state index contributed by atoms with van der Waals surface area (Å²) >= 11 is 0. The van der Waals surface area contributed by atoms with E-state index in [0.717, 1.165) is 22.8 Å². The number of carbonyl (C=O) groups is 9. The number of nitrogens with zero attached hydrogens (tertiary/aromatic N) is 4. The highest BCUT2D eigenvalue weighted by Crippen LogP contribution is 2.45. The van der Waals surface area contributed by atoms with Crippen LogP contribution in [0, 0.1) is 6.92 Å². The van der Waals surface area contributed by atoms with Crippen molar-refractivity contribution < 1.29 is 56.1 Å². The zero-order valence-electron chi connectivity index (χ0n) is 51.6. The number of aryl methyl sites for hydroxylation is 1. The summed E-state index contributed by atoms with van der Waals surface area (Å²) in [5.74, 6) is -7.48. The third-order valence-corrected chi connectivity index (χ3v) is 17.9. The summed E-state index contributed by atoms with van der Waals surface area (Å²) in [6.07, 6.45) is 1.57. The van der Waals surface area contributed by atoms with Crippen LogP contribution in [0.5, 0.6) is 0 Å². The molecule has 2 aromatic heterocycles. The van der Waals surface area contributed by atoms with Gasteiger partial charge in [-0.1, -0.05) is 51.1 Å². The van der Waals surface area contributed by atoms with Gasteiger partial charge in [0.15, 0.2) is 11.7 Å². The van der Waals surface area contributed by atoms with Gasteiger partial charge in [0, 0.05) is 84.3 Å². The zero-order valence-corrected chi connectivity index (χ0v) is 52.5. The van der Waals surface area contributed by atoms with E-state index < -0.39 is 99.8 Å². The molecule has 1 fully saturated rings. The number of aromatic nitrogens is 4. The summed E-state index contributed by atoms with van der Waals surface area (Å²) in [6.45, 7) is 12.1. The van der Waals surface area contributed by atoms with Crippen molar-refractivity contribution in [3.05, 3.63) is 105 Å². The standard InChI is InChI=1S/C62H81N15O12S/c1-8-38-31(2)42-29-47-51(36(7)78)33(4)44(71-47)27-43-32(3)39(54(72-43)53-55-52(34(5)45(73-55)28-46(38)70-42)60(85)77(61(53)86)68-24-15-25-90(87,88)89)20-21-49(79)65-22-13-12-18-41-58(83)74-40(19-14-23-66-62(63)64)57(82)67-30-50(80)69-35(6)56(81)76-48(59(84)75-41)26-37-16-10-9-11-17-37/h9-11,16-17,27-29,31-32,35,38-41,48,68,70,73H,8,12-15,18-26,30H2,1-7H3,(H,65,79)(H,67,82)(H,69,80)(H,74,83)(H,75,84)(H,76,81)(H4,63,64,66)(H,87,88,89)/t31?,32?,35?,38-,39+,40?,41+,48?/m1/s1. The Morgan fingerprint density at radius 3 is 2.11 bits per heavy atom. The molecule has 5 aliphatic heterocycles. The number of hydrogen-bond donors (Lipinski definition) is 12. The van der Waals surface area contributed by atoms with E-state index in [2.05, 4.69) is 66.1 Å². The molecule has 14 N–H and O–H groups in total. The first-order chi connectivity index (χ1) is 42.7. The molecule has 0 radical (unpaired) electrons. The zero-order chi connectivity index (χ0) is 65.3. The molecule has 3 aromatic rings. The first-order valence-electron chi connectivity index (χ1n) is 30.4. The van der Waals surface area contributed by atoms with Gasteiger partial charge in [-0.05, 0) is 114 Å². The minimum Gasteiger partial charge on any atom is -0.370 e. The lowest BCUT2D eigenvalue weighted by atomic mass is 9.84. The molecule has 5 unspecified atom stereocenters. The van der Waals surface area contributed by atoms with Crippen molar-refractivity contribution in [2.45, 2.75) is 161 Å². The summed E-state index contributed by atoms with van der Waals surface area (Å²) in [7, 11) is -4.37. The normalized spacial score (nSPS) is 22.1. The summed E-state index contributed by atoms with van der Waals surface area (Å²) in [6, 6.07) is 9.71. The van der Waals surface area contributed by atoms with Crippen LogP contribution in [0.2, 0.25) is 0 Å². The molecule has 8 rings (SSSR count). The lowest BCUT2D eigenvalue weighted by Gasteiger charge is -2.27. The van der Waals surface area contributed by atoms with Gasteiger partial charge in [0.1, 0.15) is 24.2 Å². The summed E-state index contributed by atoms with van der Waals surface area (Å²) in [5.41, 5.74) is 20.5. The van der Waals surface area contributed by atoms with Crippen LogP contribution in [0.15, 0.2) is 53.5 Å². The molecule has 0 aliphatic carbocycles. The number of carbonyl (C=O) groups excluding carboxylic acids is 9. The number of rotatable bonds is 21. The number of hydrazine groups is 1. The number of Topliss-reactive ketones (excluding diaryl/α,β-unsaturated/α-hetero) is 1. The first kappa shape index (κ1) is 67.0. The number of aromatic amines is 2. The maximum Gasteiger partial charge on any atom is 0.279 e. The van der Waals surface area contributed by atoms with Gasteiger partial charge in [0.25, 0.3) is 21.9 Å². The van der Waals surface area contributed by atoms with Crippen LogP contribution in [0.4, 0.5) is 0 Å². The molecule has 8 atom stereocenters. The largest absolute Gasteiger partial charge is 0.370 e. The van der Waals surface area contributed by atoms with Gasteiger partial charge in [-0.25, -0.2) is 15.4 Å². The van der Waals surface area contributed by atoms with E-state index in [1.54, 1.807) is 43.3 Å². The van der Waals surface area contributed by atoms with Gasteiger partial charge in [-0.3, -0.25) is 57.7 Å². The molecule has 8 amide bonds. The quantitative estimate of drug-likeness (QED) is 0.0240. The lowest BCUT2D eigenvalue weighted by molar-refractivity contribution is -0.134. The SMILES string of the molecule is CC[C@H]1c2cc3[nH]c4c(c5nc(cc6nc(cc([nH]2)C1C)C(C(C)=O)=C6C)C(C)[C@@H]5CCC(=O)NCCCC[C@@H]1NC(=O)C(Cc2ccccc2)NC(=O)C(C)NC(=O)CNC(=O)C(CCCN=C(N)N)NC1=O)C(=O)N(NCCCS(=O)(=O)O)C(=O)c4c3C. The number of ketones is 1. The van der Waals surface area contributed by atoms with Gasteiger partial charge < -0.3 is 53.3 Å². The Bertz CT molecular complexity index is 3720. The minimum absolute atomic E-state index is 0.0101. The molecule has 90 heavy (non-hydrogen) atoms. The Balaban J connectivity index is 1.07. The number of nitrogens with one attached hydrogen (secondary N) is 9. The van der Waals surface area contributed by atoms with Crippen LogP contribution in [0.3, 0.4) is 0 Å². The maximum atomic E-state index is 15.1. The van der Waals surface area contributed by atoms with E-state index in [1.165, 1.54) is 13.8 Å². The summed E-state index contributed by atoms with van der Waals surface area (Å²) < 4.78 is 32.8. The number of amides is 8. The Morgan fingerprint density at radius 1 is 0.744 bits per heavy atom. The Labute approximate surface area is 521 Å². The number of nitrogens with two attached hydrogens (primary N) is 2. The van der Waals surface area contributed by atoms with Crippen molar-refractivity contribution in [2.75, 3.05) is 31.9 Å². The highest BCUT2D eigenvalue weighted by molar-refractivity contribution is 7.85. The van der Waals surface area contributed by atoms with Crippen molar-refractivity contribution in [2.24, 2.45) is 16.5 Å². The van der Waals surface area contributed by atoms with Crippen molar-refractivity contribution in [1.82, 2.24) is 62.3 Å². The number of H-pyrrole nitrogens is 2. The molecule has 0 saturated carbocycles. The van der Waals surface area contributed by atoms with Crippen LogP contribution in [-0.4, -0.2) is 153 Å².